The van der Waals surface area contributed by atoms with Gasteiger partial charge >= 0.3 is 11.9 Å². The number of hydrogen-bond donors (Lipinski definition) is 2. The summed E-state index contributed by atoms with van der Waals surface area (Å²) >= 11 is 0. The lowest BCUT2D eigenvalue weighted by Gasteiger charge is -2.37. The lowest BCUT2D eigenvalue weighted by Crippen LogP contribution is -2.41. The average molecular weight is 227 g/mol. The highest BCUT2D eigenvalue weighted by molar-refractivity contribution is 6.31. The molecule has 1 saturated carbocycles. The van der Waals surface area contributed by atoms with Gasteiger partial charge in [0.15, 0.2) is 0 Å². The summed E-state index contributed by atoms with van der Waals surface area (Å²) in [5.74, 6) is -1.71. The monoisotopic (exact) mass is 227 g/mol. The molecule has 1 amide bonds. The van der Waals surface area contributed by atoms with Crippen LogP contribution >= 0.6 is 0 Å². The number of nitrogens with one attached hydrogen (secondary N) is 1. The van der Waals surface area contributed by atoms with Gasteiger partial charge in [-0.05, 0) is 24.2 Å². The Labute approximate surface area is 96.4 Å². The lowest BCUT2D eigenvalue weighted by molar-refractivity contribution is -0.150. The normalized spacial score (nSPS) is 18.1. The highest BCUT2D eigenvalue weighted by Crippen LogP contribution is 2.37. The van der Waals surface area contributed by atoms with Gasteiger partial charge in [-0.1, -0.05) is 33.1 Å². The zero-order valence-electron chi connectivity index (χ0n) is 10.1. The largest absolute Gasteiger partial charge is 0.474 e. The van der Waals surface area contributed by atoms with Gasteiger partial charge in [-0.2, -0.15) is 0 Å². The van der Waals surface area contributed by atoms with Crippen molar-refractivity contribution < 1.29 is 14.7 Å². The molecule has 1 fully saturated rings. The summed E-state index contributed by atoms with van der Waals surface area (Å²) in [5.41, 5.74) is -0.00840. The standard InChI is InChI=1S/C12H21NO3/c1-12(2,8-13-10(14)11(15)16)9-6-4-3-5-7-9/h9H,3-8H2,1-2H3,(H,13,14)(H,15,16). The Bertz CT molecular complexity index is 267. The van der Waals surface area contributed by atoms with Crippen LogP contribution in [0.4, 0.5) is 0 Å². The van der Waals surface area contributed by atoms with Crippen molar-refractivity contribution in [3.05, 3.63) is 0 Å². The van der Waals surface area contributed by atoms with Gasteiger partial charge < -0.3 is 10.4 Å². The first-order chi connectivity index (χ1) is 7.43. The fourth-order valence-electron chi connectivity index (χ4n) is 2.41. The summed E-state index contributed by atoms with van der Waals surface area (Å²) in [6, 6.07) is 0. The van der Waals surface area contributed by atoms with Gasteiger partial charge in [-0.3, -0.25) is 4.79 Å². The third kappa shape index (κ3) is 3.51. The van der Waals surface area contributed by atoms with E-state index in [1.165, 1.54) is 32.1 Å². The maximum absolute atomic E-state index is 11.0. The summed E-state index contributed by atoms with van der Waals surface area (Å²) in [7, 11) is 0. The van der Waals surface area contributed by atoms with Crippen LogP contribution in [-0.2, 0) is 9.59 Å². The zero-order valence-corrected chi connectivity index (χ0v) is 10.1. The molecule has 0 aromatic heterocycles. The van der Waals surface area contributed by atoms with E-state index in [0.717, 1.165) is 0 Å². The van der Waals surface area contributed by atoms with Gasteiger partial charge in [0.1, 0.15) is 0 Å². The van der Waals surface area contributed by atoms with Gasteiger partial charge in [0.25, 0.3) is 0 Å². The average Bonchev–Trinajstić information content (AvgIpc) is 2.27. The first kappa shape index (κ1) is 13.0. The van der Waals surface area contributed by atoms with Crippen LogP contribution in [0.15, 0.2) is 0 Å². The maximum Gasteiger partial charge on any atom is 0.394 e. The second-order valence-electron chi connectivity index (χ2n) is 5.31. The highest BCUT2D eigenvalue weighted by atomic mass is 16.4. The van der Waals surface area contributed by atoms with Gasteiger partial charge in [-0.25, -0.2) is 4.79 Å². The zero-order chi connectivity index (χ0) is 12.2. The number of carboxylic acids is 1. The Morgan fingerprint density at radius 2 is 1.81 bits per heavy atom. The van der Waals surface area contributed by atoms with E-state index in [-0.39, 0.29) is 5.41 Å². The fraction of sp³-hybridized carbons (Fsp3) is 0.833. The molecular weight excluding hydrogens is 206 g/mol. The second kappa shape index (κ2) is 5.32. The van der Waals surface area contributed by atoms with E-state index < -0.39 is 11.9 Å². The Morgan fingerprint density at radius 3 is 2.31 bits per heavy atom. The molecule has 16 heavy (non-hydrogen) atoms. The van der Waals surface area contributed by atoms with E-state index in [9.17, 15) is 9.59 Å². The molecule has 1 aliphatic rings. The van der Waals surface area contributed by atoms with Crippen molar-refractivity contribution in [3.8, 4) is 0 Å². The molecule has 0 aromatic carbocycles. The van der Waals surface area contributed by atoms with E-state index in [4.69, 9.17) is 5.11 Å². The van der Waals surface area contributed by atoms with E-state index in [0.29, 0.717) is 12.5 Å². The van der Waals surface area contributed by atoms with Crippen molar-refractivity contribution in [3.63, 3.8) is 0 Å². The molecule has 4 heteroatoms. The van der Waals surface area contributed by atoms with Crippen molar-refractivity contribution >= 4 is 11.9 Å². The number of aliphatic carboxylic acids is 1. The molecule has 0 saturated heterocycles. The van der Waals surface area contributed by atoms with Crippen LogP contribution in [0.5, 0.6) is 0 Å². The molecule has 0 unspecified atom stereocenters. The van der Waals surface area contributed by atoms with E-state index in [1.54, 1.807) is 0 Å². The van der Waals surface area contributed by atoms with Crippen molar-refractivity contribution in [2.24, 2.45) is 11.3 Å². The highest BCUT2D eigenvalue weighted by Gasteiger charge is 2.31. The molecule has 0 spiro atoms. The minimum Gasteiger partial charge on any atom is -0.474 e. The number of carbonyl (C=O) groups excluding carboxylic acids is 1. The minimum absolute atomic E-state index is 0.00840. The quantitative estimate of drug-likeness (QED) is 0.722. The van der Waals surface area contributed by atoms with Crippen LogP contribution in [0.2, 0.25) is 0 Å². The van der Waals surface area contributed by atoms with Crippen molar-refractivity contribution in [2.75, 3.05) is 6.54 Å². The molecule has 1 rings (SSSR count). The first-order valence-electron chi connectivity index (χ1n) is 5.94. The number of rotatable bonds is 3. The molecular formula is C12H21NO3. The molecule has 4 nitrogen and oxygen atoms in total. The van der Waals surface area contributed by atoms with Crippen molar-refractivity contribution in [1.82, 2.24) is 5.32 Å². The summed E-state index contributed by atoms with van der Waals surface area (Å²) in [4.78, 5) is 21.3. The van der Waals surface area contributed by atoms with Crippen LogP contribution < -0.4 is 5.32 Å². The molecule has 0 radical (unpaired) electrons. The SMILES string of the molecule is CC(C)(CNC(=O)C(=O)O)C1CCCCC1. The Balaban J connectivity index is 2.43. The smallest absolute Gasteiger partial charge is 0.394 e. The van der Waals surface area contributed by atoms with Crippen LogP contribution in [0, 0.1) is 11.3 Å². The predicted octanol–water partition coefficient (Wildman–Crippen LogP) is 1.79. The number of carbonyl (C=O) groups is 2. The van der Waals surface area contributed by atoms with Gasteiger partial charge in [-0.15, -0.1) is 0 Å². The Morgan fingerprint density at radius 1 is 1.25 bits per heavy atom. The summed E-state index contributed by atoms with van der Waals surface area (Å²) in [5, 5.41) is 11.0. The molecule has 2 N–H and O–H groups in total. The fourth-order valence-corrected chi connectivity index (χ4v) is 2.41. The van der Waals surface area contributed by atoms with Gasteiger partial charge in [0, 0.05) is 6.54 Å². The third-order valence-corrected chi connectivity index (χ3v) is 3.61. The number of amides is 1. The maximum atomic E-state index is 11.0. The van der Waals surface area contributed by atoms with E-state index >= 15 is 0 Å². The first-order valence-corrected chi connectivity index (χ1v) is 5.94. The summed E-state index contributed by atoms with van der Waals surface area (Å²) < 4.78 is 0. The number of carboxylic acid groups (broad SMARTS) is 1. The summed E-state index contributed by atoms with van der Waals surface area (Å²) in [6.07, 6.45) is 6.18. The molecule has 0 aliphatic heterocycles. The molecule has 0 aromatic rings. The third-order valence-electron chi connectivity index (χ3n) is 3.61. The predicted molar refractivity (Wildman–Crippen MR) is 61.0 cm³/mol. The number of hydrogen-bond acceptors (Lipinski definition) is 2. The van der Waals surface area contributed by atoms with E-state index in [1.807, 2.05) is 0 Å². The molecule has 92 valence electrons. The van der Waals surface area contributed by atoms with Crippen LogP contribution in [0.25, 0.3) is 0 Å². The summed E-state index contributed by atoms with van der Waals surface area (Å²) in [6.45, 7) is 4.65. The molecule has 1 aliphatic carbocycles. The topological polar surface area (TPSA) is 66.4 Å². The Kier molecular flexibility index (Phi) is 4.33. The molecule has 0 atom stereocenters. The van der Waals surface area contributed by atoms with Gasteiger partial charge in [0.05, 0.1) is 0 Å². The van der Waals surface area contributed by atoms with Crippen LogP contribution in [0.3, 0.4) is 0 Å². The minimum atomic E-state index is -1.40. The van der Waals surface area contributed by atoms with Crippen molar-refractivity contribution in [2.45, 2.75) is 46.0 Å². The van der Waals surface area contributed by atoms with Gasteiger partial charge in [0.2, 0.25) is 0 Å². The molecule has 0 bridgehead atoms. The van der Waals surface area contributed by atoms with Crippen molar-refractivity contribution in [1.29, 1.82) is 0 Å². The Hall–Kier alpha value is -1.06. The molecule has 0 heterocycles. The van der Waals surface area contributed by atoms with Crippen LogP contribution in [0.1, 0.15) is 46.0 Å². The van der Waals surface area contributed by atoms with Crippen LogP contribution in [-0.4, -0.2) is 23.5 Å². The lowest BCUT2D eigenvalue weighted by atomic mass is 9.71. The van der Waals surface area contributed by atoms with E-state index in [2.05, 4.69) is 19.2 Å². The second-order valence-corrected chi connectivity index (χ2v) is 5.31.